The normalized spacial score (nSPS) is 12.4. The van der Waals surface area contributed by atoms with Gasteiger partial charge in [0, 0.05) is 11.1 Å². The minimum atomic E-state index is -0.824. The number of aromatic nitrogens is 3. The van der Waals surface area contributed by atoms with Crippen molar-refractivity contribution in [3.05, 3.63) is 53.6 Å². The van der Waals surface area contributed by atoms with Gasteiger partial charge < -0.3 is 9.72 Å². The summed E-state index contributed by atoms with van der Waals surface area (Å²) in [4.78, 5) is 37.2. The zero-order chi connectivity index (χ0) is 19.2. The Morgan fingerprint density at radius 1 is 1.27 bits per heavy atom. The Labute approximate surface area is 167 Å². The lowest BCUT2D eigenvalue weighted by Gasteiger charge is -2.13. The average Bonchev–Trinajstić information content (AvgIpc) is 2.87. The second-order valence-electron chi connectivity index (χ2n) is 5.54. The van der Waals surface area contributed by atoms with Gasteiger partial charge in [-0.05, 0) is 26.3 Å². The Morgan fingerprint density at radius 3 is 2.65 bits per heavy atom. The Bertz CT molecular complexity index is 1090. The van der Waals surface area contributed by atoms with Crippen LogP contribution in [0.1, 0.15) is 39.8 Å². The Balaban J connectivity index is 1.92. The van der Waals surface area contributed by atoms with E-state index < -0.39 is 12.1 Å². The van der Waals surface area contributed by atoms with E-state index in [-0.39, 0.29) is 32.1 Å². The third-order valence-corrected chi connectivity index (χ3v) is 6.18. The molecule has 0 aliphatic rings. The number of ether oxygens (including phenoxy) is 1. The van der Waals surface area contributed by atoms with Crippen molar-refractivity contribution in [3.8, 4) is 0 Å². The van der Waals surface area contributed by atoms with Crippen molar-refractivity contribution in [1.82, 2.24) is 15.0 Å². The highest BCUT2D eigenvalue weighted by molar-refractivity contribution is 7.18. The van der Waals surface area contributed by atoms with Gasteiger partial charge in [0.1, 0.15) is 4.83 Å². The molecule has 3 rings (SSSR count). The van der Waals surface area contributed by atoms with Crippen LogP contribution in [0.25, 0.3) is 10.2 Å². The second-order valence-corrected chi connectivity index (χ2v) is 7.91. The first kappa shape index (κ1) is 19.1. The van der Waals surface area contributed by atoms with E-state index in [0.29, 0.717) is 10.2 Å². The molecule has 26 heavy (non-hydrogen) atoms. The number of carbonyl (C=O) groups excluding carboxylic acids is 1. The number of carbonyl (C=O) groups is 1. The van der Waals surface area contributed by atoms with Crippen LogP contribution in [-0.2, 0) is 4.74 Å². The lowest BCUT2D eigenvalue weighted by Crippen LogP contribution is -2.18. The van der Waals surface area contributed by atoms with Crippen molar-refractivity contribution in [2.75, 3.05) is 0 Å². The fraction of sp³-hybridized carbons (Fsp3) is 0.250. The quantitative estimate of drug-likeness (QED) is 0.597. The average molecular weight is 433 g/mol. The molecule has 136 valence electrons. The number of halogens is 3. The van der Waals surface area contributed by atoms with Crippen LogP contribution >= 0.6 is 46.1 Å². The first-order valence-corrected chi connectivity index (χ1v) is 9.36. The predicted octanol–water partition coefficient (Wildman–Crippen LogP) is 4.87. The summed E-state index contributed by atoms with van der Waals surface area (Å²) in [6, 6.07) is 0. The van der Waals surface area contributed by atoms with E-state index in [1.807, 2.05) is 13.8 Å². The van der Waals surface area contributed by atoms with E-state index in [0.717, 1.165) is 10.4 Å². The molecule has 3 aromatic rings. The van der Waals surface area contributed by atoms with Gasteiger partial charge in [-0.2, -0.15) is 0 Å². The summed E-state index contributed by atoms with van der Waals surface area (Å²) in [7, 11) is 0. The third kappa shape index (κ3) is 3.32. The van der Waals surface area contributed by atoms with Gasteiger partial charge in [0.25, 0.3) is 5.56 Å². The number of aromatic amines is 1. The van der Waals surface area contributed by atoms with Crippen LogP contribution in [0, 0.1) is 13.8 Å². The molecule has 0 spiro atoms. The Kier molecular flexibility index (Phi) is 5.25. The molecule has 6 nitrogen and oxygen atoms in total. The molecule has 3 aromatic heterocycles. The van der Waals surface area contributed by atoms with E-state index in [9.17, 15) is 9.59 Å². The van der Waals surface area contributed by atoms with Gasteiger partial charge in [0.05, 0.1) is 20.5 Å². The molecule has 0 fully saturated rings. The van der Waals surface area contributed by atoms with E-state index in [1.54, 1.807) is 6.92 Å². The first-order chi connectivity index (χ1) is 12.2. The van der Waals surface area contributed by atoms with Gasteiger partial charge in [-0.1, -0.05) is 34.8 Å². The van der Waals surface area contributed by atoms with Gasteiger partial charge in [-0.3, -0.25) is 4.79 Å². The van der Waals surface area contributed by atoms with Crippen LogP contribution in [-0.4, -0.2) is 20.9 Å². The molecule has 1 atom stereocenters. The maximum absolute atomic E-state index is 12.3. The van der Waals surface area contributed by atoms with Gasteiger partial charge >= 0.3 is 5.97 Å². The molecule has 0 aromatic carbocycles. The van der Waals surface area contributed by atoms with Crippen LogP contribution in [0.15, 0.2) is 11.0 Å². The molecule has 0 saturated heterocycles. The summed E-state index contributed by atoms with van der Waals surface area (Å²) in [5, 5.41) is 0.586. The first-order valence-electron chi connectivity index (χ1n) is 7.41. The number of aryl methyl sites for hydroxylation is 2. The highest BCUT2D eigenvalue weighted by Gasteiger charge is 2.23. The van der Waals surface area contributed by atoms with E-state index in [1.165, 1.54) is 17.5 Å². The van der Waals surface area contributed by atoms with Crippen molar-refractivity contribution < 1.29 is 9.53 Å². The number of H-pyrrole nitrogens is 1. The molecule has 0 unspecified atom stereocenters. The smallest absolute Gasteiger partial charge is 0.359 e. The molecule has 3 heterocycles. The van der Waals surface area contributed by atoms with Crippen molar-refractivity contribution in [3.63, 3.8) is 0 Å². The van der Waals surface area contributed by atoms with Crippen LogP contribution in [0.5, 0.6) is 0 Å². The standard InChI is InChI=1S/C16H12Cl3N3O3S/c1-5-7(3)26-15-9(5)14(23)21-13(22-15)6(2)25-16(24)12-11(19)10(18)8(17)4-20-12/h4,6H,1-3H3,(H,21,22,23)/t6-/m1/s1. The molecule has 0 amide bonds. The largest absolute Gasteiger partial charge is 0.450 e. The maximum atomic E-state index is 12.3. The number of nitrogens with one attached hydrogen (secondary N) is 1. The number of esters is 1. The number of hydrogen-bond donors (Lipinski definition) is 1. The van der Waals surface area contributed by atoms with Crippen molar-refractivity contribution in [1.29, 1.82) is 0 Å². The lowest BCUT2D eigenvalue weighted by molar-refractivity contribution is 0.0313. The van der Waals surface area contributed by atoms with Crippen LogP contribution in [0.2, 0.25) is 15.1 Å². The highest BCUT2D eigenvalue weighted by atomic mass is 35.5. The highest BCUT2D eigenvalue weighted by Crippen LogP contribution is 2.32. The summed E-state index contributed by atoms with van der Waals surface area (Å²) >= 11 is 19.1. The van der Waals surface area contributed by atoms with Crippen molar-refractivity contribution in [2.45, 2.75) is 26.9 Å². The molecule has 0 bridgehead atoms. The monoisotopic (exact) mass is 431 g/mol. The molecular formula is C16H12Cl3N3O3S. The number of rotatable bonds is 3. The number of nitrogens with zero attached hydrogens (tertiary/aromatic N) is 2. The van der Waals surface area contributed by atoms with Crippen LogP contribution in [0.4, 0.5) is 0 Å². The Hall–Kier alpha value is -1.67. The number of hydrogen-bond acceptors (Lipinski definition) is 6. The summed E-state index contributed by atoms with van der Waals surface area (Å²) in [6.45, 7) is 5.37. The molecule has 0 aliphatic heterocycles. The number of pyridine rings is 1. The molecule has 10 heteroatoms. The fourth-order valence-corrected chi connectivity index (χ4v) is 3.92. The maximum Gasteiger partial charge on any atom is 0.359 e. The van der Waals surface area contributed by atoms with Gasteiger partial charge in [0.2, 0.25) is 0 Å². The van der Waals surface area contributed by atoms with E-state index in [4.69, 9.17) is 39.5 Å². The van der Waals surface area contributed by atoms with Crippen LogP contribution < -0.4 is 5.56 Å². The molecular weight excluding hydrogens is 421 g/mol. The van der Waals surface area contributed by atoms with Crippen LogP contribution in [0.3, 0.4) is 0 Å². The topological polar surface area (TPSA) is 84.9 Å². The minimum Gasteiger partial charge on any atom is -0.450 e. The minimum absolute atomic E-state index is 0.0143. The Morgan fingerprint density at radius 2 is 1.96 bits per heavy atom. The van der Waals surface area contributed by atoms with E-state index >= 15 is 0 Å². The summed E-state index contributed by atoms with van der Waals surface area (Å²) in [5.74, 6) is -0.573. The summed E-state index contributed by atoms with van der Waals surface area (Å²) in [6.07, 6.45) is 0.384. The SMILES string of the molecule is Cc1sc2nc([C@@H](C)OC(=O)c3ncc(Cl)c(Cl)c3Cl)[nH]c(=O)c2c1C. The van der Waals surface area contributed by atoms with Gasteiger partial charge in [0.15, 0.2) is 17.6 Å². The number of fused-ring (bicyclic) bond motifs is 1. The molecule has 0 aliphatic carbocycles. The van der Waals surface area contributed by atoms with Gasteiger partial charge in [-0.25, -0.2) is 14.8 Å². The summed E-state index contributed by atoms with van der Waals surface area (Å²) in [5.41, 5.74) is 0.446. The van der Waals surface area contributed by atoms with Crippen molar-refractivity contribution >= 4 is 62.3 Å². The fourth-order valence-electron chi connectivity index (χ4n) is 2.32. The lowest BCUT2D eigenvalue weighted by atomic mass is 10.2. The third-order valence-electron chi connectivity index (χ3n) is 3.84. The molecule has 1 N–H and O–H groups in total. The molecule has 0 radical (unpaired) electrons. The predicted molar refractivity (Wildman–Crippen MR) is 103 cm³/mol. The zero-order valence-electron chi connectivity index (χ0n) is 13.8. The number of thiophene rings is 1. The molecule has 0 saturated carbocycles. The summed E-state index contributed by atoms with van der Waals surface area (Å²) < 4.78 is 5.32. The van der Waals surface area contributed by atoms with E-state index in [2.05, 4.69) is 15.0 Å². The second kappa shape index (κ2) is 7.15. The van der Waals surface area contributed by atoms with Gasteiger partial charge in [-0.15, -0.1) is 11.3 Å². The van der Waals surface area contributed by atoms with Crippen molar-refractivity contribution in [2.24, 2.45) is 0 Å². The zero-order valence-corrected chi connectivity index (χ0v) is 16.9.